The van der Waals surface area contributed by atoms with E-state index in [0.29, 0.717) is 16.2 Å². The molecule has 0 aliphatic rings. The Balaban J connectivity index is 1.99. The van der Waals surface area contributed by atoms with E-state index in [1.54, 1.807) is 6.07 Å². The molecule has 0 saturated carbocycles. The normalized spacial score (nSPS) is 11.0. The van der Waals surface area contributed by atoms with Gasteiger partial charge in [-0.05, 0) is 47.2 Å². The van der Waals surface area contributed by atoms with Gasteiger partial charge in [-0.2, -0.15) is 0 Å². The lowest BCUT2D eigenvalue weighted by atomic mass is 10.1. The molecule has 0 fully saturated rings. The summed E-state index contributed by atoms with van der Waals surface area (Å²) in [5.41, 5.74) is -0.670. The van der Waals surface area contributed by atoms with Crippen molar-refractivity contribution >= 4 is 39.7 Å². The molecule has 0 aliphatic heterocycles. The maximum atomic E-state index is 14.3. The molecule has 0 radical (unpaired) electrons. The molecule has 0 saturated heterocycles. The maximum absolute atomic E-state index is 14.3. The fourth-order valence-corrected chi connectivity index (χ4v) is 3.54. The maximum Gasteiger partial charge on any atom is 0.184 e. The van der Waals surface area contributed by atoms with E-state index in [2.05, 4.69) is 17.6 Å². The van der Waals surface area contributed by atoms with Crippen molar-refractivity contribution in [2.24, 2.45) is 0 Å². The van der Waals surface area contributed by atoms with Gasteiger partial charge >= 0.3 is 0 Å². The molecule has 0 spiro atoms. The summed E-state index contributed by atoms with van der Waals surface area (Å²) < 4.78 is 57.1. The summed E-state index contributed by atoms with van der Waals surface area (Å²) in [5, 5.41) is 5.35. The first-order valence-electron chi connectivity index (χ1n) is 10.1. The van der Waals surface area contributed by atoms with Gasteiger partial charge in [0.05, 0.1) is 11.4 Å². The highest BCUT2D eigenvalue weighted by atomic mass is 127. The van der Waals surface area contributed by atoms with Crippen LogP contribution in [0.5, 0.6) is 0 Å². The Labute approximate surface area is 183 Å². The molecule has 0 aromatic heterocycles. The van der Waals surface area contributed by atoms with E-state index >= 15 is 0 Å². The lowest BCUT2D eigenvalue weighted by Gasteiger charge is -2.17. The molecule has 0 bridgehead atoms. The van der Waals surface area contributed by atoms with E-state index in [4.69, 9.17) is 0 Å². The van der Waals surface area contributed by atoms with Crippen molar-refractivity contribution in [3.05, 3.63) is 51.1 Å². The number of hydrogen-bond acceptors (Lipinski definition) is 2. The second-order valence-corrected chi connectivity index (χ2v) is 8.30. The van der Waals surface area contributed by atoms with Crippen LogP contribution in [-0.2, 0) is 0 Å². The molecule has 29 heavy (non-hydrogen) atoms. The zero-order chi connectivity index (χ0) is 21.2. The highest BCUT2D eigenvalue weighted by Crippen LogP contribution is 2.34. The van der Waals surface area contributed by atoms with Crippen molar-refractivity contribution in [1.29, 1.82) is 0 Å². The third-order valence-electron chi connectivity index (χ3n) is 4.69. The average molecular weight is 522 g/mol. The SMILES string of the molecule is CCCCCCCCCCNc1c(F)cc(F)c(F)c1Nc1ccc(I)cc1F. The molecule has 2 aromatic rings. The fourth-order valence-electron chi connectivity index (χ4n) is 3.08. The first-order chi connectivity index (χ1) is 13.9. The molecule has 0 unspecified atom stereocenters. The van der Waals surface area contributed by atoms with Gasteiger partial charge < -0.3 is 10.6 Å². The van der Waals surface area contributed by atoms with Crippen LogP contribution in [0.1, 0.15) is 58.3 Å². The summed E-state index contributed by atoms with van der Waals surface area (Å²) in [6, 6.07) is 4.78. The van der Waals surface area contributed by atoms with Crippen molar-refractivity contribution in [3.8, 4) is 0 Å². The number of halogens is 5. The van der Waals surface area contributed by atoms with E-state index in [-0.39, 0.29) is 11.4 Å². The quantitative estimate of drug-likeness (QED) is 0.127. The molecular formula is C22H27F4IN2. The first kappa shape index (κ1) is 23.8. The predicted molar refractivity (Wildman–Crippen MR) is 120 cm³/mol. The van der Waals surface area contributed by atoms with Gasteiger partial charge in [-0.3, -0.25) is 0 Å². The molecule has 2 aromatic carbocycles. The zero-order valence-corrected chi connectivity index (χ0v) is 18.7. The summed E-state index contributed by atoms with van der Waals surface area (Å²) in [6.07, 6.45) is 8.94. The number of nitrogens with one attached hydrogen (secondary N) is 2. The molecular weight excluding hydrogens is 495 g/mol. The zero-order valence-electron chi connectivity index (χ0n) is 16.6. The second-order valence-electron chi connectivity index (χ2n) is 7.06. The average Bonchev–Trinajstić information content (AvgIpc) is 2.68. The Hall–Kier alpha value is -1.51. The Bertz CT molecular complexity index is 799. The van der Waals surface area contributed by atoms with Crippen molar-refractivity contribution in [2.75, 3.05) is 17.2 Å². The molecule has 0 amide bonds. The fraction of sp³-hybridized carbons (Fsp3) is 0.455. The minimum Gasteiger partial charge on any atom is -0.381 e. The number of rotatable bonds is 12. The Morgan fingerprint density at radius 3 is 2.07 bits per heavy atom. The minimum atomic E-state index is -1.33. The highest BCUT2D eigenvalue weighted by Gasteiger charge is 2.20. The van der Waals surface area contributed by atoms with E-state index < -0.39 is 29.0 Å². The van der Waals surface area contributed by atoms with E-state index in [0.717, 1.165) is 19.3 Å². The first-order valence-corrected chi connectivity index (χ1v) is 11.1. The van der Waals surface area contributed by atoms with Gasteiger partial charge in [0, 0.05) is 16.2 Å². The van der Waals surface area contributed by atoms with Crippen LogP contribution in [0.2, 0.25) is 0 Å². The third kappa shape index (κ3) is 7.35. The van der Waals surface area contributed by atoms with Crippen LogP contribution in [0.3, 0.4) is 0 Å². The van der Waals surface area contributed by atoms with Crippen LogP contribution < -0.4 is 10.6 Å². The van der Waals surface area contributed by atoms with E-state index in [1.165, 1.54) is 44.2 Å². The summed E-state index contributed by atoms with van der Waals surface area (Å²) in [6.45, 7) is 2.60. The number of unbranched alkanes of at least 4 members (excludes halogenated alkanes) is 7. The number of benzene rings is 2. The van der Waals surface area contributed by atoms with Gasteiger partial charge in [-0.25, -0.2) is 17.6 Å². The molecule has 160 valence electrons. The van der Waals surface area contributed by atoms with Gasteiger partial charge in [0.2, 0.25) is 0 Å². The standard InChI is InChI=1S/C22H27F4IN2/c1-2-3-4-5-6-7-8-9-12-28-21-18(25)14-17(24)20(26)22(21)29-19-11-10-15(27)13-16(19)23/h10-11,13-14,28-29H,2-9,12H2,1H3. The van der Waals surface area contributed by atoms with Crippen LogP contribution in [0.25, 0.3) is 0 Å². The van der Waals surface area contributed by atoms with Gasteiger partial charge in [-0.15, -0.1) is 0 Å². The van der Waals surface area contributed by atoms with Gasteiger partial charge in [0.25, 0.3) is 0 Å². The summed E-state index contributed by atoms with van der Waals surface area (Å²) in [7, 11) is 0. The van der Waals surface area contributed by atoms with Crippen LogP contribution in [-0.4, -0.2) is 6.54 Å². The number of hydrogen-bond donors (Lipinski definition) is 2. The highest BCUT2D eigenvalue weighted by molar-refractivity contribution is 14.1. The summed E-state index contributed by atoms with van der Waals surface area (Å²) >= 11 is 1.94. The molecule has 0 heterocycles. The van der Waals surface area contributed by atoms with Gasteiger partial charge in [0.1, 0.15) is 11.5 Å². The van der Waals surface area contributed by atoms with Crippen molar-refractivity contribution in [2.45, 2.75) is 58.3 Å². The van der Waals surface area contributed by atoms with Crippen LogP contribution >= 0.6 is 22.6 Å². The molecule has 7 heteroatoms. The lowest BCUT2D eigenvalue weighted by molar-refractivity contribution is 0.499. The molecule has 0 aliphatic carbocycles. The van der Waals surface area contributed by atoms with Crippen LogP contribution in [0.15, 0.2) is 24.3 Å². The van der Waals surface area contributed by atoms with E-state index in [9.17, 15) is 17.6 Å². The van der Waals surface area contributed by atoms with Gasteiger partial charge in [-0.1, -0.05) is 51.9 Å². The Morgan fingerprint density at radius 2 is 1.41 bits per heavy atom. The second kappa shape index (κ2) is 12.2. The van der Waals surface area contributed by atoms with Gasteiger partial charge in [0.15, 0.2) is 17.5 Å². The molecule has 2 nitrogen and oxygen atoms in total. The monoisotopic (exact) mass is 522 g/mol. The van der Waals surface area contributed by atoms with Crippen LogP contribution in [0.4, 0.5) is 34.6 Å². The topological polar surface area (TPSA) is 24.1 Å². The minimum absolute atomic E-state index is 0.0514. The number of anilines is 3. The largest absolute Gasteiger partial charge is 0.381 e. The molecule has 2 rings (SSSR count). The summed E-state index contributed by atoms with van der Waals surface area (Å²) in [5.74, 6) is -4.12. The molecule has 2 N–H and O–H groups in total. The van der Waals surface area contributed by atoms with Crippen LogP contribution in [0, 0.1) is 26.8 Å². The van der Waals surface area contributed by atoms with E-state index in [1.807, 2.05) is 22.6 Å². The summed E-state index contributed by atoms with van der Waals surface area (Å²) in [4.78, 5) is 0. The smallest absolute Gasteiger partial charge is 0.184 e. The third-order valence-corrected chi connectivity index (χ3v) is 5.37. The van der Waals surface area contributed by atoms with Crippen molar-refractivity contribution < 1.29 is 17.6 Å². The lowest BCUT2D eigenvalue weighted by Crippen LogP contribution is -2.10. The Morgan fingerprint density at radius 1 is 0.759 bits per heavy atom. The Kier molecular flexibility index (Phi) is 10.0. The van der Waals surface area contributed by atoms with Crippen molar-refractivity contribution in [3.63, 3.8) is 0 Å². The molecule has 0 atom stereocenters. The predicted octanol–water partition coefficient (Wildman–Crippen LogP) is 8.14. The van der Waals surface area contributed by atoms with Crippen molar-refractivity contribution in [1.82, 2.24) is 0 Å².